The van der Waals surface area contributed by atoms with E-state index in [1.807, 2.05) is 0 Å². The first kappa shape index (κ1) is 16.1. The summed E-state index contributed by atoms with van der Waals surface area (Å²) in [4.78, 5) is 24.7. The smallest absolute Gasteiger partial charge is 0.317 e. The Kier molecular flexibility index (Phi) is 5.88. The fourth-order valence-electron chi connectivity index (χ4n) is 3.44. The number of urea groups is 1. The van der Waals surface area contributed by atoms with Crippen LogP contribution in [0.15, 0.2) is 0 Å². The maximum Gasteiger partial charge on any atom is 0.317 e. The van der Waals surface area contributed by atoms with Gasteiger partial charge in [0.15, 0.2) is 0 Å². The van der Waals surface area contributed by atoms with Crippen molar-refractivity contribution in [2.75, 3.05) is 19.6 Å². The van der Waals surface area contributed by atoms with Crippen LogP contribution in [-0.4, -0.2) is 41.6 Å². The van der Waals surface area contributed by atoms with E-state index in [2.05, 4.69) is 12.2 Å². The van der Waals surface area contributed by atoms with Crippen LogP contribution in [0, 0.1) is 17.8 Å². The van der Waals surface area contributed by atoms with E-state index in [9.17, 15) is 9.59 Å². The van der Waals surface area contributed by atoms with E-state index in [4.69, 9.17) is 5.11 Å². The van der Waals surface area contributed by atoms with Crippen LogP contribution in [-0.2, 0) is 4.79 Å². The van der Waals surface area contributed by atoms with E-state index in [1.165, 1.54) is 25.7 Å². The van der Waals surface area contributed by atoms with Gasteiger partial charge in [-0.2, -0.15) is 0 Å². The summed E-state index contributed by atoms with van der Waals surface area (Å²) in [5, 5.41) is 11.9. The van der Waals surface area contributed by atoms with Crippen LogP contribution in [0.3, 0.4) is 0 Å². The molecule has 0 aromatic heterocycles. The number of aliphatic carboxylic acids is 1. The normalized spacial score (nSPS) is 27.4. The molecule has 0 atom stereocenters. The molecule has 1 saturated carbocycles. The van der Waals surface area contributed by atoms with E-state index in [0.29, 0.717) is 25.9 Å². The molecule has 2 fully saturated rings. The molecule has 0 aromatic rings. The monoisotopic (exact) mass is 296 g/mol. The largest absolute Gasteiger partial charge is 0.481 e. The van der Waals surface area contributed by atoms with Crippen LogP contribution in [0.25, 0.3) is 0 Å². The summed E-state index contributed by atoms with van der Waals surface area (Å²) in [7, 11) is 0. The number of nitrogens with one attached hydrogen (secondary N) is 1. The number of nitrogens with zero attached hydrogens (tertiary/aromatic N) is 1. The lowest BCUT2D eigenvalue weighted by molar-refractivity contribution is -0.143. The minimum Gasteiger partial charge on any atom is -0.481 e. The quantitative estimate of drug-likeness (QED) is 0.838. The van der Waals surface area contributed by atoms with Gasteiger partial charge in [0.05, 0.1) is 5.92 Å². The van der Waals surface area contributed by atoms with Crippen molar-refractivity contribution in [1.82, 2.24) is 10.2 Å². The number of amides is 2. The number of hydrogen-bond donors (Lipinski definition) is 2. The molecule has 1 saturated heterocycles. The summed E-state index contributed by atoms with van der Waals surface area (Å²) in [5.74, 6) is 0.616. The van der Waals surface area contributed by atoms with Gasteiger partial charge in [-0.15, -0.1) is 0 Å². The number of likely N-dealkylation sites (tertiary alicyclic amines) is 1. The predicted octanol–water partition coefficient (Wildman–Crippen LogP) is 2.71. The van der Waals surface area contributed by atoms with Crippen molar-refractivity contribution in [3.63, 3.8) is 0 Å². The molecule has 0 bridgehead atoms. The Balaban J connectivity index is 1.61. The highest BCUT2D eigenvalue weighted by molar-refractivity contribution is 5.75. The molecule has 1 aliphatic heterocycles. The first-order chi connectivity index (χ1) is 10.1. The van der Waals surface area contributed by atoms with Crippen LogP contribution in [0.5, 0.6) is 0 Å². The maximum atomic E-state index is 12.0. The zero-order valence-corrected chi connectivity index (χ0v) is 13.0. The van der Waals surface area contributed by atoms with Crippen LogP contribution >= 0.6 is 0 Å². The highest BCUT2D eigenvalue weighted by Crippen LogP contribution is 2.29. The third-order valence-corrected chi connectivity index (χ3v) is 5.10. The fourth-order valence-corrected chi connectivity index (χ4v) is 3.44. The lowest BCUT2D eigenvalue weighted by Crippen LogP contribution is -2.45. The highest BCUT2D eigenvalue weighted by Gasteiger charge is 2.27. The zero-order valence-electron chi connectivity index (χ0n) is 13.0. The molecule has 2 rings (SSSR count). The van der Waals surface area contributed by atoms with Crippen molar-refractivity contribution < 1.29 is 14.7 Å². The Morgan fingerprint density at radius 1 is 1.10 bits per heavy atom. The fraction of sp³-hybridized carbons (Fsp3) is 0.875. The van der Waals surface area contributed by atoms with Gasteiger partial charge in [0.2, 0.25) is 0 Å². The van der Waals surface area contributed by atoms with E-state index < -0.39 is 5.97 Å². The summed E-state index contributed by atoms with van der Waals surface area (Å²) < 4.78 is 0. The lowest BCUT2D eigenvalue weighted by atomic mass is 9.81. The molecule has 2 aliphatic rings. The number of hydrogen-bond acceptors (Lipinski definition) is 2. The Morgan fingerprint density at radius 2 is 1.71 bits per heavy atom. The number of carboxylic acid groups (broad SMARTS) is 1. The second-order valence-corrected chi connectivity index (χ2v) is 6.75. The Bertz CT molecular complexity index is 357. The van der Waals surface area contributed by atoms with Crippen molar-refractivity contribution in [3.8, 4) is 0 Å². The van der Waals surface area contributed by atoms with Gasteiger partial charge in [0.25, 0.3) is 0 Å². The minimum atomic E-state index is -0.735. The summed E-state index contributed by atoms with van der Waals surface area (Å²) in [6.07, 6.45) is 7.45. The number of piperidine rings is 1. The van der Waals surface area contributed by atoms with Gasteiger partial charge < -0.3 is 15.3 Å². The van der Waals surface area contributed by atoms with E-state index in [-0.39, 0.29) is 11.9 Å². The third kappa shape index (κ3) is 4.90. The average Bonchev–Trinajstić information content (AvgIpc) is 2.49. The highest BCUT2D eigenvalue weighted by atomic mass is 16.4. The van der Waals surface area contributed by atoms with Gasteiger partial charge in [0, 0.05) is 19.6 Å². The molecular weight excluding hydrogens is 268 g/mol. The summed E-state index contributed by atoms with van der Waals surface area (Å²) in [5.41, 5.74) is 0. The van der Waals surface area contributed by atoms with Gasteiger partial charge >= 0.3 is 12.0 Å². The zero-order chi connectivity index (χ0) is 15.2. The van der Waals surface area contributed by atoms with Crippen LogP contribution in [0.1, 0.15) is 51.9 Å². The van der Waals surface area contributed by atoms with E-state index >= 15 is 0 Å². The number of carbonyl (C=O) groups is 2. The topological polar surface area (TPSA) is 69.6 Å². The molecule has 0 spiro atoms. The standard InChI is InChI=1S/C16H28N2O3/c1-12-2-4-13(5-3-12)6-9-17-16(21)18-10-7-14(8-11-18)15(19)20/h12-14H,2-11H2,1H3,(H,17,21)(H,19,20). The average molecular weight is 296 g/mol. The van der Waals surface area contributed by atoms with Crippen LogP contribution < -0.4 is 5.32 Å². The lowest BCUT2D eigenvalue weighted by Gasteiger charge is -2.30. The molecule has 120 valence electrons. The Hall–Kier alpha value is -1.26. The molecule has 0 aromatic carbocycles. The molecule has 1 heterocycles. The van der Waals surface area contributed by atoms with Gasteiger partial charge in [-0.25, -0.2) is 4.79 Å². The van der Waals surface area contributed by atoms with Crippen molar-refractivity contribution in [1.29, 1.82) is 0 Å². The molecule has 0 unspecified atom stereocenters. The summed E-state index contributed by atoms with van der Waals surface area (Å²) in [6.45, 7) is 4.18. The summed E-state index contributed by atoms with van der Waals surface area (Å²) >= 11 is 0. The van der Waals surface area contributed by atoms with Crippen molar-refractivity contribution >= 4 is 12.0 Å². The molecule has 2 amide bonds. The molecule has 2 N–H and O–H groups in total. The van der Waals surface area contributed by atoms with Crippen molar-refractivity contribution in [2.24, 2.45) is 17.8 Å². The van der Waals surface area contributed by atoms with Gasteiger partial charge in [-0.05, 0) is 31.1 Å². The Morgan fingerprint density at radius 3 is 2.29 bits per heavy atom. The molecule has 21 heavy (non-hydrogen) atoms. The number of carbonyl (C=O) groups excluding carboxylic acids is 1. The molecule has 1 aliphatic carbocycles. The van der Waals surface area contributed by atoms with Gasteiger partial charge in [-0.3, -0.25) is 4.79 Å². The second-order valence-electron chi connectivity index (χ2n) is 6.75. The third-order valence-electron chi connectivity index (χ3n) is 5.10. The number of rotatable bonds is 4. The van der Waals surface area contributed by atoms with E-state index in [0.717, 1.165) is 24.8 Å². The first-order valence-corrected chi connectivity index (χ1v) is 8.32. The Labute approximate surface area is 127 Å². The SMILES string of the molecule is CC1CCC(CCNC(=O)N2CCC(C(=O)O)CC2)CC1. The molecular formula is C16H28N2O3. The van der Waals surface area contributed by atoms with Gasteiger partial charge in [0.1, 0.15) is 0 Å². The van der Waals surface area contributed by atoms with Crippen LogP contribution in [0.2, 0.25) is 0 Å². The summed E-state index contributed by atoms with van der Waals surface area (Å²) in [6, 6.07) is -0.0250. The van der Waals surface area contributed by atoms with E-state index in [1.54, 1.807) is 4.90 Å². The molecule has 5 heteroatoms. The second kappa shape index (κ2) is 7.66. The molecule has 5 nitrogen and oxygen atoms in total. The van der Waals surface area contributed by atoms with Crippen molar-refractivity contribution in [2.45, 2.75) is 51.9 Å². The van der Waals surface area contributed by atoms with Crippen molar-refractivity contribution in [3.05, 3.63) is 0 Å². The van der Waals surface area contributed by atoms with Gasteiger partial charge in [-0.1, -0.05) is 32.6 Å². The maximum absolute atomic E-state index is 12.0. The predicted molar refractivity (Wildman–Crippen MR) is 81.1 cm³/mol. The minimum absolute atomic E-state index is 0.0250. The van der Waals surface area contributed by atoms with Crippen LogP contribution in [0.4, 0.5) is 4.79 Å². The molecule has 0 radical (unpaired) electrons. The first-order valence-electron chi connectivity index (χ1n) is 8.32. The number of carboxylic acids is 1.